The molecule has 0 bridgehead atoms. The minimum Gasteiger partial charge on any atom is -0.326 e. The number of carbonyl (C=O) groups excluding carboxylic acids is 1. The quantitative estimate of drug-likeness (QED) is 0.665. The Kier molecular flexibility index (Phi) is 5.48. The number of aryl methyl sites for hydroxylation is 3. The number of benzene rings is 2. The second-order valence-electron chi connectivity index (χ2n) is 7.02. The van der Waals surface area contributed by atoms with Gasteiger partial charge in [0, 0.05) is 12.6 Å². The summed E-state index contributed by atoms with van der Waals surface area (Å²) in [5.41, 5.74) is 4.25. The predicted octanol–water partition coefficient (Wildman–Crippen LogP) is 3.87. The van der Waals surface area contributed by atoms with Crippen molar-refractivity contribution in [2.45, 2.75) is 39.5 Å². The van der Waals surface area contributed by atoms with Gasteiger partial charge < -0.3 is 5.32 Å². The van der Waals surface area contributed by atoms with E-state index in [2.05, 4.69) is 15.1 Å². The number of hydrogen-bond acceptors (Lipinski definition) is 4. The monoisotopic (exact) mass is 412 g/mol. The van der Waals surface area contributed by atoms with Gasteiger partial charge >= 0.3 is 0 Å². The zero-order valence-electron chi connectivity index (χ0n) is 17.1. The van der Waals surface area contributed by atoms with Crippen LogP contribution in [-0.4, -0.2) is 24.1 Å². The molecule has 1 aromatic heterocycles. The van der Waals surface area contributed by atoms with Crippen molar-refractivity contribution in [1.82, 2.24) is 9.78 Å². The molecule has 0 aliphatic heterocycles. The number of anilines is 2. The largest absolute Gasteiger partial charge is 0.326 e. The molecule has 2 N–H and O–H groups in total. The summed E-state index contributed by atoms with van der Waals surface area (Å²) < 4.78 is 30.8. The minimum absolute atomic E-state index is 0.192. The number of sulfonamides is 1. The Labute approximate surface area is 170 Å². The van der Waals surface area contributed by atoms with E-state index in [1.54, 1.807) is 37.6 Å². The first-order valence-electron chi connectivity index (χ1n) is 9.13. The summed E-state index contributed by atoms with van der Waals surface area (Å²) in [6.45, 7) is 8.42. The van der Waals surface area contributed by atoms with Gasteiger partial charge in [-0.25, -0.2) is 13.1 Å². The summed E-state index contributed by atoms with van der Waals surface area (Å²) in [5.74, 6) is -0.211. The number of nitrogens with one attached hydrogen (secondary N) is 2. The van der Waals surface area contributed by atoms with Gasteiger partial charge in [0.15, 0.2) is 0 Å². The molecule has 7 nitrogen and oxygen atoms in total. The van der Waals surface area contributed by atoms with E-state index in [-0.39, 0.29) is 10.8 Å². The standard InChI is InChI=1S/C21H24N4O3S/c1-13-11-18(22-17(5)26)12-14(2)21(13)29(27,28)24-20-15(3)23-25(16(20)4)19-9-7-6-8-10-19/h6-12,24H,1-5H3,(H,22,26). The van der Waals surface area contributed by atoms with Crippen molar-refractivity contribution < 1.29 is 13.2 Å². The van der Waals surface area contributed by atoms with Gasteiger partial charge in [-0.2, -0.15) is 5.10 Å². The van der Waals surface area contributed by atoms with Crippen LogP contribution in [-0.2, 0) is 14.8 Å². The van der Waals surface area contributed by atoms with Crippen molar-refractivity contribution in [3.63, 3.8) is 0 Å². The van der Waals surface area contributed by atoms with Crippen LogP contribution in [0.25, 0.3) is 5.69 Å². The zero-order valence-corrected chi connectivity index (χ0v) is 17.9. The lowest BCUT2D eigenvalue weighted by Crippen LogP contribution is -2.17. The van der Waals surface area contributed by atoms with E-state index in [1.807, 2.05) is 37.3 Å². The summed E-state index contributed by atoms with van der Waals surface area (Å²) >= 11 is 0. The molecule has 1 heterocycles. The third-order valence-corrected chi connectivity index (χ3v) is 6.23. The van der Waals surface area contributed by atoms with Gasteiger partial charge in [-0.1, -0.05) is 18.2 Å². The van der Waals surface area contributed by atoms with Gasteiger partial charge in [-0.15, -0.1) is 0 Å². The number of nitrogens with zero attached hydrogens (tertiary/aromatic N) is 2. The third kappa shape index (κ3) is 4.17. The topological polar surface area (TPSA) is 93.1 Å². The Morgan fingerprint density at radius 2 is 1.59 bits per heavy atom. The third-order valence-electron chi connectivity index (χ3n) is 4.58. The van der Waals surface area contributed by atoms with E-state index in [0.29, 0.717) is 33.9 Å². The lowest BCUT2D eigenvalue weighted by Gasteiger charge is -2.15. The first-order chi connectivity index (χ1) is 13.6. The molecule has 1 amide bonds. The summed E-state index contributed by atoms with van der Waals surface area (Å²) in [5, 5.41) is 7.18. The first-order valence-corrected chi connectivity index (χ1v) is 10.6. The fourth-order valence-electron chi connectivity index (χ4n) is 3.45. The molecule has 0 saturated heterocycles. The normalized spacial score (nSPS) is 11.3. The molecule has 2 aromatic carbocycles. The summed E-state index contributed by atoms with van der Waals surface area (Å²) in [7, 11) is -3.85. The van der Waals surface area contributed by atoms with Crippen LogP contribution < -0.4 is 10.0 Å². The fourth-order valence-corrected chi connectivity index (χ4v) is 5.08. The highest BCUT2D eigenvalue weighted by atomic mass is 32.2. The van der Waals surface area contributed by atoms with Crippen LogP contribution in [0.4, 0.5) is 11.4 Å². The predicted molar refractivity (Wildman–Crippen MR) is 114 cm³/mol. The highest BCUT2D eigenvalue weighted by Crippen LogP contribution is 2.29. The maximum Gasteiger partial charge on any atom is 0.262 e. The average molecular weight is 413 g/mol. The van der Waals surface area contributed by atoms with Crippen molar-refractivity contribution in [2.24, 2.45) is 0 Å². The van der Waals surface area contributed by atoms with Crippen LogP contribution in [0.2, 0.25) is 0 Å². The van der Waals surface area contributed by atoms with Crippen molar-refractivity contribution in [3.8, 4) is 5.69 Å². The van der Waals surface area contributed by atoms with Gasteiger partial charge in [0.2, 0.25) is 5.91 Å². The van der Waals surface area contributed by atoms with Crippen LogP contribution in [0, 0.1) is 27.7 Å². The van der Waals surface area contributed by atoms with E-state index in [0.717, 1.165) is 5.69 Å². The fraction of sp³-hybridized carbons (Fsp3) is 0.238. The van der Waals surface area contributed by atoms with Crippen LogP contribution in [0.3, 0.4) is 0 Å². The Morgan fingerprint density at radius 1 is 1.00 bits per heavy atom. The zero-order chi connectivity index (χ0) is 21.3. The number of amides is 1. The van der Waals surface area contributed by atoms with Gasteiger partial charge in [0.05, 0.1) is 27.7 Å². The number of rotatable bonds is 5. The average Bonchev–Trinajstić information content (AvgIpc) is 2.89. The van der Waals surface area contributed by atoms with Crippen molar-refractivity contribution in [1.29, 1.82) is 0 Å². The van der Waals surface area contributed by atoms with E-state index in [4.69, 9.17) is 0 Å². The lowest BCUT2D eigenvalue weighted by molar-refractivity contribution is -0.114. The lowest BCUT2D eigenvalue weighted by atomic mass is 10.1. The summed E-state index contributed by atoms with van der Waals surface area (Å²) in [6, 6.07) is 12.8. The van der Waals surface area contributed by atoms with Gasteiger partial charge in [0.25, 0.3) is 10.0 Å². The molecule has 3 rings (SSSR count). The Bertz CT molecular complexity index is 1160. The SMILES string of the molecule is CC(=O)Nc1cc(C)c(S(=O)(=O)Nc2c(C)nn(-c3ccccc3)c2C)c(C)c1. The van der Waals surface area contributed by atoms with E-state index in [1.165, 1.54) is 6.92 Å². The summed E-state index contributed by atoms with van der Waals surface area (Å²) in [4.78, 5) is 11.5. The van der Waals surface area contributed by atoms with Crippen molar-refractivity contribution in [2.75, 3.05) is 10.0 Å². The van der Waals surface area contributed by atoms with Gasteiger partial charge in [0.1, 0.15) is 0 Å². The molecule has 0 aliphatic carbocycles. The highest BCUT2D eigenvalue weighted by molar-refractivity contribution is 7.92. The number of para-hydroxylation sites is 1. The molecule has 0 unspecified atom stereocenters. The number of carbonyl (C=O) groups is 1. The van der Waals surface area contributed by atoms with Gasteiger partial charge in [-0.05, 0) is 63.1 Å². The van der Waals surface area contributed by atoms with Crippen LogP contribution in [0.15, 0.2) is 47.4 Å². The molecular weight excluding hydrogens is 388 g/mol. The van der Waals surface area contributed by atoms with E-state index in [9.17, 15) is 13.2 Å². The molecule has 8 heteroatoms. The molecule has 0 radical (unpaired) electrons. The molecule has 0 atom stereocenters. The molecule has 0 saturated carbocycles. The molecule has 152 valence electrons. The number of hydrogen-bond donors (Lipinski definition) is 2. The van der Waals surface area contributed by atoms with E-state index >= 15 is 0 Å². The molecule has 0 fully saturated rings. The maximum absolute atomic E-state index is 13.2. The molecule has 0 aliphatic rings. The maximum atomic E-state index is 13.2. The molecule has 0 spiro atoms. The van der Waals surface area contributed by atoms with Crippen LogP contribution in [0.1, 0.15) is 29.4 Å². The van der Waals surface area contributed by atoms with E-state index < -0.39 is 10.0 Å². The highest BCUT2D eigenvalue weighted by Gasteiger charge is 2.24. The summed E-state index contributed by atoms with van der Waals surface area (Å²) in [6.07, 6.45) is 0. The molecule has 29 heavy (non-hydrogen) atoms. The van der Waals surface area contributed by atoms with Gasteiger partial charge in [-0.3, -0.25) is 9.52 Å². The Hall–Kier alpha value is -3.13. The molecule has 3 aromatic rings. The number of aromatic nitrogens is 2. The second-order valence-corrected chi connectivity index (χ2v) is 8.64. The molecular formula is C21H24N4O3S. The smallest absolute Gasteiger partial charge is 0.262 e. The minimum atomic E-state index is -3.85. The Morgan fingerprint density at radius 3 is 2.14 bits per heavy atom. The van der Waals surface area contributed by atoms with Crippen molar-refractivity contribution >= 4 is 27.3 Å². The second kappa shape index (κ2) is 7.71. The first kappa shape index (κ1) is 20.6. The Balaban J connectivity index is 2.01. The van der Waals surface area contributed by atoms with Crippen LogP contribution in [0.5, 0.6) is 0 Å². The van der Waals surface area contributed by atoms with Crippen molar-refractivity contribution in [3.05, 3.63) is 65.0 Å². The van der Waals surface area contributed by atoms with Crippen LogP contribution >= 0.6 is 0 Å².